The fourth-order valence-electron chi connectivity index (χ4n) is 2.63. The van der Waals surface area contributed by atoms with Gasteiger partial charge >= 0.3 is 0 Å². The van der Waals surface area contributed by atoms with Crippen LogP contribution in [-0.2, 0) is 11.3 Å². The molecule has 3 heterocycles. The molecule has 28 heavy (non-hydrogen) atoms. The SMILES string of the molecule is O=C(COc1ccc2c(c1)OCO2)NCCn1nc(-c2cccs2)ccc1=O. The number of carbonyl (C=O) groups is 1. The van der Waals surface area contributed by atoms with Gasteiger partial charge in [0.2, 0.25) is 6.79 Å². The van der Waals surface area contributed by atoms with Crippen LogP contribution in [0.3, 0.4) is 0 Å². The first-order valence-electron chi connectivity index (χ1n) is 8.60. The van der Waals surface area contributed by atoms with Gasteiger partial charge < -0.3 is 19.5 Å². The Morgan fingerprint density at radius 1 is 1.21 bits per heavy atom. The number of nitrogens with one attached hydrogen (secondary N) is 1. The van der Waals surface area contributed by atoms with E-state index >= 15 is 0 Å². The minimum Gasteiger partial charge on any atom is -0.484 e. The number of thiophene rings is 1. The fourth-order valence-corrected chi connectivity index (χ4v) is 3.32. The van der Waals surface area contributed by atoms with Crippen LogP contribution in [0.4, 0.5) is 0 Å². The molecular weight excluding hydrogens is 382 g/mol. The second-order valence-electron chi connectivity index (χ2n) is 5.91. The Bertz CT molecular complexity index is 1030. The first kappa shape index (κ1) is 18.1. The van der Waals surface area contributed by atoms with Gasteiger partial charge in [0.05, 0.1) is 11.4 Å². The molecule has 4 rings (SSSR count). The highest BCUT2D eigenvalue weighted by molar-refractivity contribution is 7.13. The second-order valence-corrected chi connectivity index (χ2v) is 6.86. The van der Waals surface area contributed by atoms with E-state index in [1.165, 1.54) is 10.7 Å². The average Bonchev–Trinajstić information content (AvgIpc) is 3.39. The van der Waals surface area contributed by atoms with E-state index in [1.807, 2.05) is 17.5 Å². The van der Waals surface area contributed by atoms with Gasteiger partial charge in [-0.3, -0.25) is 9.59 Å². The van der Waals surface area contributed by atoms with Crippen LogP contribution < -0.4 is 25.1 Å². The molecule has 0 aliphatic carbocycles. The normalized spacial score (nSPS) is 12.0. The molecule has 1 aliphatic rings. The molecule has 0 atom stereocenters. The van der Waals surface area contributed by atoms with E-state index < -0.39 is 0 Å². The van der Waals surface area contributed by atoms with Gasteiger partial charge in [-0.15, -0.1) is 11.3 Å². The number of rotatable bonds is 7. The molecule has 2 aromatic heterocycles. The maximum atomic E-state index is 12.0. The van der Waals surface area contributed by atoms with E-state index in [-0.39, 0.29) is 38.0 Å². The fraction of sp³-hybridized carbons (Fsp3) is 0.211. The number of hydrogen-bond acceptors (Lipinski definition) is 7. The Morgan fingerprint density at radius 3 is 2.96 bits per heavy atom. The molecule has 8 nitrogen and oxygen atoms in total. The first-order valence-corrected chi connectivity index (χ1v) is 9.48. The van der Waals surface area contributed by atoms with Crippen molar-refractivity contribution in [3.8, 4) is 27.8 Å². The van der Waals surface area contributed by atoms with Gasteiger partial charge in [0.15, 0.2) is 18.1 Å². The summed E-state index contributed by atoms with van der Waals surface area (Å²) in [5.41, 5.74) is 0.512. The lowest BCUT2D eigenvalue weighted by molar-refractivity contribution is -0.123. The van der Waals surface area contributed by atoms with Crippen molar-refractivity contribution in [3.63, 3.8) is 0 Å². The highest BCUT2D eigenvalue weighted by Crippen LogP contribution is 2.35. The predicted octanol–water partition coefficient (Wildman–Crippen LogP) is 1.90. The summed E-state index contributed by atoms with van der Waals surface area (Å²) in [7, 11) is 0. The lowest BCUT2D eigenvalue weighted by Gasteiger charge is -2.09. The molecule has 1 amide bonds. The van der Waals surface area contributed by atoms with Crippen LogP contribution in [0.25, 0.3) is 10.6 Å². The second kappa shape index (κ2) is 8.13. The lowest BCUT2D eigenvalue weighted by atomic mass is 10.3. The summed E-state index contributed by atoms with van der Waals surface area (Å²) in [5, 5.41) is 9.01. The minimum absolute atomic E-state index is 0.142. The van der Waals surface area contributed by atoms with Crippen LogP contribution in [0.15, 0.2) is 52.6 Å². The highest BCUT2D eigenvalue weighted by Gasteiger charge is 2.14. The van der Waals surface area contributed by atoms with Crippen molar-refractivity contribution >= 4 is 17.2 Å². The monoisotopic (exact) mass is 399 g/mol. The van der Waals surface area contributed by atoms with Crippen molar-refractivity contribution in [2.45, 2.75) is 6.54 Å². The lowest BCUT2D eigenvalue weighted by Crippen LogP contribution is -2.34. The van der Waals surface area contributed by atoms with E-state index in [2.05, 4.69) is 10.4 Å². The van der Waals surface area contributed by atoms with Crippen molar-refractivity contribution in [1.29, 1.82) is 0 Å². The Kier molecular flexibility index (Phi) is 5.24. The summed E-state index contributed by atoms with van der Waals surface area (Å²) in [6, 6.07) is 12.2. The van der Waals surface area contributed by atoms with Crippen LogP contribution in [0.5, 0.6) is 17.2 Å². The zero-order valence-electron chi connectivity index (χ0n) is 14.8. The molecule has 0 radical (unpaired) electrons. The number of ether oxygens (including phenoxy) is 3. The Hall–Kier alpha value is -3.33. The molecule has 1 aliphatic heterocycles. The molecule has 0 saturated heterocycles. The third-order valence-electron chi connectivity index (χ3n) is 4.00. The highest BCUT2D eigenvalue weighted by atomic mass is 32.1. The topological polar surface area (TPSA) is 91.7 Å². The number of aromatic nitrogens is 2. The summed E-state index contributed by atoms with van der Waals surface area (Å²) in [6.07, 6.45) is 0. The molecule has 0 fully saturated rings. The zero-order valence-corrected chi connectivity index (χ0v) is 15.6. The molecule has 144 valence electrons. The summed E-state index contributed by atoms with van der Waals surface area (Å²) in [6.45, 7) is 0.579. The van der Waals surface area contributed by atoms with E-state index in [0.29, 0.717) is 17.2 Å². The van der Waals surface area contributed by atoms with Gasteiger partial charge in [-0.25, -0.2) is 4.68 Å². The third-order valence-corrected chi connectivity index (χ3v) is 4.89. The molecule has 0 spiro atoms. The predicted molar refractivity (Wildman–Crippen MR) is 103 cm³/mol. The van der Waals surface area contributed by atoms with Crippen molar-refractivity contribution in [2.75, 3.05) is 19.9 Å². The van der Waals surface area contributed by atoms with Crippen molar-refractivity contribution in [1.82, 2.24) is 15.1 Å². The maximum Gasteiger partial charge on any atom is 0.266 e. The quantitative estimate of drug-likeness (QED) is 0.652. The number of carbonyl (C=O) groups excluding carboxylic acids is 1. The van der Waals surface area contributed by atoms with Gasteiger partial charge in [0.25, 0.3) is 11.5 Å². The average molecular weight is 399 g/mol. The van der Waals surface area contributed by atoms with Gasteiger partial charge in [0.1, 0.15) is 11.4 Å². The van der Waals surface area contributed by atoms with Gasteiger partial charge in [-0.05, 0) is 29.6 Å². The molecule has 0 unspecified atom stereocenters. The Labute approximate surface area is 164 Å². The van der Waals surface area contributed by atoms with Crippen molar-refractivity contribution in [3.05, 3.63) is 58.2 Å². The molecule has 0 saturated carbocycles. The third kappa shape index (κ3) is 4.15. The molecule has 9 heteroatoms. The van der Waals surface area contributed by atoms with Crippen LogP contribution in [0, 0.1) is 0 Å². The van der Waals surface area contributed by atoms with E-state index in [4.69, 9.17) is 14.2 Å². The number of benzene rings is 1. The molecule has 1 N–H and O–H groups in total. The van der Waals surface area contributed by atoms with Crippen LogP contribution in [0.1, 0.15) is 0 Å². The number of fused-ring (bicyclic) bond motifs is 1. The maximum absolute atomic E-state index is 12.0. The largest absolute Gasteiger partial charge is 0.484 e. The van der Waals surface area contributed by atoms with E-state index in [9.17, 15) is 9.59 Å². The zero-order chi connectivity index (χ0) is 19.3. The summed E-state index contributed by atoms with van der Waals surface area (Å²) in [5.74, 6) is 1.47. The van der Waals surface area contributed by atoms with Crippen molar-refractivity contribution in [2.24, 2.45) is 0 Å². The standard InChI is InChI=1S/C19H17N3O5S/c23-18(11-25-13-3-5-15-16(10-13)27-12-26-15)20-7-8-22-19(24)6-4-14(21-22)17-2-1-9-28-17/h1-6,9-10H,7-8,11-12H2,(H,20,23). The summed E-state index contributed by atoms with van der Waals surface area (Å²) >= 11 is 1.55. The molecule has 1 aromatic carbocycles. The smallest absolute Gasteiger partial charge is 0.266 e. The van der Waals surface area contributed by atoms with Gasteiger partial charge in [0, 0.05) is 18.7 Å². The van der Waals surface area contributed by atoms with Gasteiger partial charge in [-0.2, -0.15) is 5.10 Å². The van der Waals surface area contributed by atoms with Crippen molar-refractivity contribution < 1.29 is 19.0 Å². The first-order chi connectivity index (χ1) is 13.7. The number of amides is 1. The summed E-state index contributed by atoms with van der Waals surface area (Å²) in [4.78, 5) is 24.9. The van der Waals surface area contributed by atoms with Crippen LogP contribution in [-0.4, -0.2) is 35.6 Å². The Balaban J connectivity index is 1.27. The summed E-state index contributed by atoms with van der Waals surface area (Å²) < 4.78 is 17.3. The van der Waals surface area contributed by atoms with E-state index in [1.54, 1.807) is 35.6 Å². The number of hydrogen-bond donors (Lipinski definition) is 1. The van der Waals surface area contributed by atoms with Gasteiger partial charge in [-0.1, -0.05) is 6.07 Å². The van der Waals surface area contributed by atoms with E-state index in [0.717, 1.165) is 10.6 Å². The molecule has 0 bridgehead atoms. The van der Waals surface area contributed by atoms with Crippen LogP contribution in [0.2, 0.25) is 0 Å². The minimum atomic E-state index is -0.292. The molecule has 3 aromatic rings. The number of nitrogens with zero attached hydrogens (tertiary/aromatic N) is 2. The molecular formula is C19H17N3O5S. The van der Waals surface area contributed by atoms with Crippen LogP contribution >= 0.6 is 11.3 Å². The Morgan fingerprint density at radius 2 is 2.11 bits per heavy atom.